The number of hydrogen-bond donors (Lipinski definition) is 4. The van der Waals surface area contributed by atoms with E-state index in [0.29, 0.717) is 0 Å². The number of carbonyl (C=O) groups is 3. The Bertz CT molecular complexity index is 1130. The molecule has 1 aliphatic carbocycles. The van der Waals surface area contributed by atoms with Gasteiger partial charge in [0.25, 0.3) is 5.91 Å². The minimum atomic E-state index is -1.43. The molecule has 1 heterocycles. The lowest BCUT2D eigenvalue weighted by atomic mass is 9.98. The monoisotopic (exact) mass is 453 g/mol. The van der Waals surface area contributed by atoms with Crippen molar-refractivity contribution >= 4 is 34.4 Å². The van der Waals surface area contributed by atoms with Gasteiger partial charge in [-0.2, -0.15) is 0 Å². The van der Waals surface area contributed by atoms with Crippen LogP contribution in [-0.2, 0) is 9.53 Å². The highest BCUT2D eigenvalue weighted by atomic mass is 32.1. The van der Waals surface area contributed by atoms with Crippen molar-refractivity contribution in [2.24, 2.45) is 0 Å². The van der Waals surface area contributed by atoms with Gasteiger partial charge in [-0.05, 0) is 22.3 Å². The van der Waals surface area contributed by atoms with Gasteiger partial charge in [-0.15, -0.1) is 0 Å². The molecule has 0 fully saturated rings. The van der Waals surface area contributed by atoms with Crippen LogP contribution in [0.1, 0.15) is 26.7 Å². The number of carboxylic acids is 1. The molecule has 1 atom stereocenters. The maximum absolute atomic E-state index is 12.3. The molecular weight excluding hydrogens is 434 g/mol. The molecule has 10 heteroatoms. The molecule has 32 heavy (non-hydrogen) atoms. The Morgan fingerprint density at radius 3 is 2.28 bits per heavy atom. The van der Waals surface area contributed by atoms with Crippen LogP contribution in [0.2, 0.25) is 0 Å². The third kappa shape index (κ3) is 4.32. The average Bonchev–Trinajstić information content (AvgIpc) is 3.38. The normalized spacial score (nSPS) is 13.0. The van der Waals surface area contributed by atoms with Gasteiger partial charge in [0.1, 0.15) is 11.5 Å². The van der Waals surface area contributed by atoms with Crippen molar-refractivity contribution in [3.8, 4) is 11.1 Å². The zero-order valence-corrected chi connectivity index (χ0v) is 17.5. The Kier molecular flexibility index (Phi) is 6.15. The average molecular weight is 453 g/mol. The van der Waals surface area contributed by atoms with E-state index in [2.05, 4.69) is 15.6 Å². The number of anilines is 1. The zero-order valence-electron chi connectivity index (χ0n) is 16.6. The molecule has 1 unspecified atom stereocenters. The number of thiazole rings is 1. The molecule has 0 bridgehead atoms. The number of aliphatic hydroxyl groups is 1. The molecule has 2 amide bonds. The van der Waals surface area contributed by atoms with Crippen LogP contribution in [0.4, 0.5) is 9.93 Å². The van der Waals surface area contributed by atoms with Crippen molar-refractivity contribution in [2.75, 3.05) is 18.5 Å². The van der Waals surface area contributed by atoms with Gasteiger partial charge in [0.15, 0.2) is 11.2 Å². The number of amides is 2. The number of nitrogens with zero attached hydrogens (tertiary/aromatic N) is 1. The Hall–Kier alpha value is -3.76. The summed E-state index contributed by atoms with van der Waals surface area (Å²) in [7, 11) is 0. The number of hydrogen-bond acceptors (Lipinski definition) is 7. The summed E-state index contributed by atoms with van der Waals surface area (Å²) in [5, 5.41) is 22.7. The molecule has 0 aliphatic heterocycles. The van der Waals surface area contributed by atoms with Crippen LogP contribution in [0.3, 0.4) is 0 Å². The topological polar surface area (TPSA) is 138 Å². The number of rotatable bonds is 7. The number of aliphatic hydroxyl groups excluding tert-OH is 1. The molecule has 2 aromatic carbocycles. The summed E-state index contributed by atoms with van der Waals surface area (Å²) in [4.78, 5) is 39.3. The molecule has 164 valence electrons. The van der Waals surface area contributed by atoms with Crippen LogP contribution in [0.25, 0.3) is 11.1 Å². The van der Waals surface area contributed by atoms with E-state index >= 15 is 0 Å². The Morgan fingerprint density at radius 1 is 1.06 bits per heavy atom. The second-order valence-electron chi connectivity index (χ2n) is 7.03. The lowest BCUT2D eigenvalue weighted by Crippen LogP contribution is -2.43. The molecule has 0 spiro atoms. The highest BCUT2D eigenvalue weighted by molar-refractivity contribution is 7.17. The van der Waals surface area contributed by atoms with Crippen LogP contribution < -0.4 is 10.6 Å². The van der Waals surface area contributed by atoms with Crippen LogP contribution in [-0.4, -0.2) is 52.4 Å². The molecule has 9 nitrogen and oxygen atoms in total. The first-order valence-corrected chi connectivity index (χ1v) is 10.5. The second kappa shape index (κ2) is 9.16. The molecule has 3 aromatic rings. The van der Waals surface area contributed by atoms with Crippen LogP contribution in [0.5, 0.6) is 0 Å². The summed E-state index contributed by atoms with van der Waals surface area (Å²) in [6.45, 7) is -0.611. The van der Waals surface area contributed by atoms with Gasteiger partial charge < -0.3 is 20.3 Å². The molecular formula is C22H19N3O6S. The number of benzene rings is 2. The van der Waals surface area contributed by atoms with E-state index in [0.717, 1.165) is 33.6 Å². The maximum Gasteiger partial charge on any atom is 0.413 e. The lowest BCUT2D eigenvalue weighted by Gasteiger charge is -2.14. The van der Waals surface area contributed by atoms with E-state index in [1.165, 1.54) is 6.20 Å². The molecule has 4 N–H and O–H groups in total. The van der Waals surface area contributed by atoms with Gasteiger partial charge in [0, 0.05) is 5.92 Å². The fraction of sp³-hybridized carbons (Fsp3) is 0.182. The smallest absolute Gasteiger partial charge is 0.413 e. The van der Waals surface area contributed by atoms with Crippen LogP contribution in [0.15, 0.2) is 54.7 Å². The van der Waals surface area contributed by atoms with Crippen LogP contribution in [0, 0.1) is 0 Å². The minimum Gasteiger partial charge on any atom is -0.480 e. The summed E-state index contributed by atoms with van der Waals surface area (Å²) < 4.78 is 5.43. The summed E-state index contributed by atoms with van der Waals surface area (Å²) in [5.41, 5.74) is 4.42. The van der Waals surface area contributed by atoms with Crippen molar-refractivity contribution in [2.45, 2.75) is 12.0 Å². The zero-order chi connectivity index (χ0) is 22.7. The van der Waals surface area contributed by atoms with Crippen molar-refractivity contribution in [1.29, 1.82) is 0 Å². The van der Waals surface area contributed by atoms with Gasteiger partial charge >= 0.3 is 12.1 Å². The van der Waals surface area contributed by atoms with Crippen LogP contribution >= 0.6 is 11.3 Å². The van der Waals surface area contributed by atoms with Gasteiger partial charge in [-0.1, -0.05) is 59.9 Å². The second-order valence-corrected chi connectivity index (χ2v) is 8.06. The van der Waals surface area contributed by atoms with Gasteiger partial charge in [0.05, 0.1) is 12.8 Å². The quantitative estimate of drug-likeness (QED) is 0.431. The summed E-state index contributed by atoms with van der Waals surface area (Å²) in [6.07, 6.45) is 0.488. The first-order valence-electron chi connectivity index (χ1n) is 9.70. The van der Waals surface area contributed by atoms with Crippen molar-refractivity contribution in [1.82, 2.24) is 10.3 Å². The van der Waals surface area contributed by atoms with E-state index in [1.807, 2.05) is 48.5 Å². The van der Waals surface area contributed by atoms with Crippen molar-refractivity contribution in [3.05, 3.63) is 70.7 Å². The van der Waals surface area contributed by atoms with Crippen molar-refractivity contribution < 1.29 is 29.3 Å². The Morgan fingerprint density at radius 2 is 1.69 bits per heavy atom. The number of aliphatic carboxylic acids is 1. The fourth-order valence-corrected chi connectivity index (χ4v) is 4.28. The Labute approximate surface area is 186 Å². The molecule has 0 saturated carbocycles. The van der Waals surface area contributed by atoms with Crippen molar-refractivity contribution in [3.63, 3.8) is 0 Å². The standard InChI is InChI=1S/C22H19N3O6S/c26-10-17(20(28)29)24-19(27)18-9-23-21(32-18)25-22(30)31-11-16-14-7-3-1-5-12(14)13-6-2-4-8-15(13)16/h1-9,16-17,26H,10-11H2,(H,24,27)(H,28,29)(H,23,25,30). The third-order valence-electron chi connectivity index (χ3n) is 5.07. The van der Waals surface area contributed by atoms with Gasteiger partial charge in [0.2, 0.25) is 0 Å². The number of carbonyl (C=O) groups excluding carboxylic acids is 2. The molecule has 4 rings (SSSR count). The van der Waals surface area contributed by atoms with Gasteiger partial charge in [-0.3, -0.25) is 10.1 Å². The highest BCUT2D eigenvalue weighted by Crippen LogP contribution is 2.44. The Balaban J connectivity index is 1.37. The third-order valence-corrected chi connectivity index (χ3v) is 5.98. The van der Waals surface area contributed by atoms with Gasteiger partial charge in [-0.25, -0.2) is 14.6 Å². The number of carboxylic acid groups (broad SMARTS) is 1. The predicted molar refractivity (Wildman–Crippen MR) is 117 cm³/mol. The molecule has 1 aromatic heterocycles. The number of ether oxygens (including phenoxy) is 1. The number of aromatic nitrogens is 1. The largest absolute Gasteiger partial charge is 0.480 e. The predicted octanol–water partition coefficient (Wildman–Crippen LogP) is 2.68. The van der Waals surface area contributed by atoms with E-state index in [1.54, 1.807) is 0 Å². The molecule has 0 radical (unpaired) electrons. The first-order chi connectivity index (χ1) is 15.5. The minimum absolute atomic E-state index is 0.0821. The maximum atomic E-state index is 12.3. The fourth-order valence-electron chi connectivity index (χ4n) is 3.57. The lowest BCUT2D eigenvalue weighted by molar-refractivity contribution is -0.140. The summed E-state index contributed by atoms with van der Waals surface area (Å²) in [6, 6.07) is 14.5. The number of fused-ring (bicyclic) bond motifs is 3. The first kappa shape index (κ1) is 21.5. The van der Waals surface area contributed by atoms with E-state index in [4.69, 9.17) is 14.9 Å². The summed E-state index contributed by atoms with van der Waals surface area (Å²) in [5.74, 6) is -2.16. The molecule has 0 saturated heterocycles. The van der Waals surface area contributed by atoms with E-state index < -0.39 is 30.6 Å². The van der Waals surface area contributed by atoms with E-state index in [-0.39, 0.29) is 22.5 Å². The SMILES string of the molecule is O=C(Nc1ncc(C(=O)NC(CO)C(=O)O)s1)OCC1c2ccccc2-c2ccccc21. The number of nitrogens with one attached hydrogen (secondary N) is 2. The van der Waals surface area contributed by atoms with E-state index in [9.17, 15) is 14.4 Å². The highest BCUT2D eigenvalue weighted by Gasteiger charge is 2.29. The molecule has 1 aliphatic rings. The summed E-state index contributed by atoms with van der Waals surface area (Å²) >= 11 is 0.859.